The van der Waals surface area contributed by atoms with Gasteiger partial charge in [-0.15, -0.1) is 0 Å². The van der Waals surface area contributed by atoms with Gasteiger partial charge in [0.15, 0.2) is 5.82 Å². The normalized spacial score (nSPS) is 24.3. The molecule has 1 fully saturated rings. The monoisotopic (exact) mass is 255 g/mol. The number of nitrogens with zero attached hydrogens (tertiary/aromatic N) is 4. The molecule has 7 heteroatoms. The second-order valence-electron chi connectivity index (χ2n) is 4.87. The lowest BCUT2D eigenvalue weighted by Crippen LogP contribution is -2.45. The standard InChI is InChI=1S/C11H21N5O2/c1-15-4-5-16(2)9(7-15)10-13-11(18-14-10)8(12)3-6-17/h8-9,17H,3-7,12H2,1-2H3. The van der Waals surface area contributed by atoms with Crippen LogP contribution in [0.1, 0.15) is 30.2 Å². The largest absolute Gasteiger partial charge is 0.396 e. The summed E-state index contributed by atoms with van der Waals surface area (Å²) in [5, 5.41) is 12.9. The molecule has 102 valence electrons. The van der Waals surface area contributed by atoms with Gasteiger partial charge in [-0.25, -0.2) is 0 Å². The number of piperazine rings is 1. The van der Waals surface area contributed by atoms with E-state index in [9.17, 15) is 0 Å². The van der Waals surface area contributed by atoms with E-state index in [-0.39, 0.29) is 18.7 Å². The molecule has 0 aliphatic carbocycles. The van der Waals surface area contributed by atoms with Crippen molar-refractivity contribution in [2.75, 3.05) is 40.3 Å². The third kappa shape index (κ3) is 2.86. The highest BCUT2D eigenvalue weighted by atomic mass is 16.5. The van der Waals surface area contributed by atoms with Gasteiger partial charge in [-0.2, -0.15) is 4.98 Å². The Morgan fingerprint density at radius 1 is 1.50 bits per heavy atom. The Labute approximate surface area is 107 Å². The number of aliphatic hydroxyl groups excluding tert-OH is 1. The Bertz CT molecular complexity index is 383. The van der Waals surface area contributed by atoms with Crippen LogP contribution in [-0.4, -0.2) is 65.4 Å². The molecule has 0 spiro atoms. The van der Waals surface area contributed by atoms with Gasteiger partial charge in [0.2, 0.25) is 5.89 Å². The molecular formula is C11H21N5O2. The summed E-state index contributed by atoms with van der Waals surface area (Å²) in [5.74, 6) is 1.08. The summed E-state index contributed by atoms with van der Waals surface area (Å²) in [6.45, 7) is 2.92. The van der Waals surface area contributed by atoms with Crippen LogP contribution in [0, 0.1) is 0 Å². The first kappa shape index (κ1) is 13.4. The van der Waals surface area contributed by atoms with Crippen molar-refractivity contribution in [3.63, 3.8) is 0 Å². The zero-order valence-electron chi connectivity index (χ0n) is 10.9. The van der Waals surface area contributed by atoms with Crippen LogP contribution in [0.2, 0.25) is 0 Å². The minimum absolute atomic E-state index is 0.0188. The number of rotatable bonds is 4. The van der Waals surface area contributed by atoms with Crippen LogP contribution in [0.4, 0.5) is 0 Å². The molecular weight excluding hydrogens is 234 g/mol. The summed E-state index contributed by atoms with van der Waals surface area (Å²) < 4.78 is 5.17. The van der Waals surface area contributed by atoms with Gasteiger partial charge in [0.05, 0.1) is 12.1 Å². The van der Waals surface area contributed by atoms with E-state index in [2.05, 4.69) is 34.0 Å². The summed E-state index contributed by atoms with van der Waals surface area (Å²) in [6, 6.07) is -0.245. The Hall–Kier alpha value is -1.02. The fourth-order valence-corrected chi connectivity index (χ4v) is 2.08. The van der Waals surface area contributed by atoms with Gasteiger partial charge >= 0.3 is 0 Å². The van der Waals surface area contributed by atoms with E-state index in [1.54, 1.807) is 0 Å². The Morgan fingerprint density at radius 2 is 2.28 bits per heavy atom. The Morgan fingerprint density at radius 3 is 3.00 bits per heavy atom. The summed E-state index contributed by atoms with van der Waals surface area (Å²) in [4.78, 5) is 8.81. The highest BCUT2D eigenvalue weighted by Crippen LogP contribution is 2.22. The van der Waals surface area contributed by atoms with Gasteiger partial charge < -0.3 is 20.3 Å². The van der Waals surface area contributed by atoms with E-state index < -0.39 is 0 Å². The van der Waals surface area contributed by atoms with E-state index in [0.29, 0.717) is 18.1 Å². The lowest BCUT2D eigenvalue weighted by molar-refractivity contribution is 0.108. The molecule has 0 saturated carbocycles. The van der Waals surface area contributed by atoms with E-state index >= 15 is 0 Å². The number of aliphatic hydroxyl groups is 1. The van der Waals surface area contributed by atoms with Crippen LogP contribution in [-0.2, 0) is 0 Å². The van der Waals surface area contributed by atoms with Gasteiger partial charge in [-0.1, -0.05) is 5.16 Å². The lowest BCUT2D eigenvalue weighted by Gasteiger charge is -2.35. The molecule has 2 heterocycles. The quantitative estimate of drug-likeness (QED) is 0.740. The molecule has 7 nitrogen and oxygen atoms in total. The van der Waals surface area contributed by atoms with Gasteiger partial charge in [0.1, 0.15) is 0 Å². The maximum Gasteiger partial charge on any atom is 0.243 e. The van der Waals surface area contributed by atoms with Crippen molar-refractivity contribution in [2.24, 2.45) is 5.73 Å². The maximum absolute atomic E-state index is 8.85. The van der Waals surface area contributed by atoms with Crippen molar-refractivity contribution in [2.45, 2.75) is 18.5 Å². The highest BCUT2D eigenvalue weighted by molar-refractivity contribution is 5.00. The zero-order valence-corrected chi connectivity index (χ0v) is 10.9. The van der Waals surface area contributed by atoms with E-state index in [1.807, 2.05) is 0 Å². The van der Waals surface area contributed by atoms with Crippen LogP contribution in [0.3, 0.4) is 0 Å². The highest BCUT2D eigenvalue weighted by Gasteiger charge is 2.28. The predicted molar refractivity (Wildman–Crippen MR) is 65.8 cm³/mol. The average molecular weight is 255 g/mol. The van der Waals surface area contributed by atoms with Crippen molar-refractivity contribution in [3.8, 4) is 0 Å². The zero-order chi connectivity index (χ0) is 13.1. The fourth-order valence-electron chi connectivity index (χ4n) is 2.08. The molecule has 1 aliphatic heterocycles. The molecule has 1 aromatic heterocycles. The van der Waals surface area contributed by atoms with E-state index in [1.165, 1.54) is 0 Å². The number of nitrogens with two attached hydrogens (primary N) is 1. The van der Waals surface area contributed by atoms with Crippen molar-refractivity contribution < 1.29 is 9.63 Å². The van der Waals surface area contributed by atoms with Gasteiger partial charge in [0, 0.05) is 26.2 Å². The van der Waals surface area contributed by atoms with Crippen molar-refractivity contribution in [3.05, 3.63) is 11.7 Å². The molecule has 2 unspecified atom stereocenters. The van der Waals surface area contributed by atoms with Crippen LogP contribution < -0.4 is 5.73 Å². The number of hydrogen-bond acceptors (Lipinski definition) is 7. The molecule has 2 atom stereocenters. The number of aromatic nitrogens is 2. The van der Waals surface area contributed by atoms with Crippen LogP contribution in [0.5, 0.6) is 0 Å². The third-order valence-electron chi connectivity index (χ3n) is 3.36. The van der Waals surface area contributed by atoms with Gasteiger partial charge in [-0.05, 0) is 20.5 Å². The second-order valence-corrected chi connectivity index (χ2v) is 4.87. The third-order valence-corrected chi connectivity index (χ3v) is 3.36. The molecule has 1 aliphatic rings. The second kappa shape index (κ2) is 5.75. The first-order chi connectivity index (χ1) is 8.61. The number of likely N-dealkylation sites (N-methyl/N-ethyl adjacent to an activating group) is 2. The van der Waals surface area contributed by atoms with Crippen molar-refractivity contribution in [1.29, 1.82) is 0 Å². The van der Waals surface area contributed by atoms with Crippen LogP contribution in [0.15, 0.2) is 4.52 Å². The van der Waals surface area contributed by atoms with Crippen molar-refractivity contribution >= 4 is 0 Å². The lowest BCUT2D eigenvalue weighted by atomic mass is 10.1. The molecule has 2 rings (SSSR count). The van der Waals surface area contributed by atoms with E-state index in [0.717, 1.165) is 19.6 Å². The van der Waals surface area contributed by atoms with Crippen LogP contribution in [0.25, 0.3) is 0 Å². The van der Waals surface area contributed by atoms with Crippen molar-refractivity contribution in [1.82, 2.24) is 19.9 Å². The Kier molecular flexibility index (Phi) is 4.28. The molecule has 0 radical (unpaired) electrons. The molecule has 0 aromatic carbocycles. The molecule has 3 N–H and O–H groups in total. The first-order valence-electron chi connectivity index (χ1n) is 6.20. The number of hydrogen-bond donors (Lipinski definition) is 2. The summed E-state index contributed by atoms with van der Waals surface area (Å²) in [6.07, 6.45) is 0.433. The minimum Gasteiger partial charge on any atom is -0.396 e. The molecule has 18 heavy (non-hydrogen) atoms. The topological polar surface area (TPSA) is 91.7 Å². The first-order valence-corrected chi connectivity index (χ1v) is 6.20. The van der Waals surface area contributed by atoms with Gasteiger partial charge in [0.25, 0.3) is 0 Å². The van der Waals surface area contributed by atoms with E-state index in [4.69, 9.17) is 15.4 Å². The molecule has 0 amide bonds. The summed E-state index contributed by atoms with van der Waals surface area (Å²) in [5.41, 5.74) is 5.83. The summed E-state index contributed by atoms with van der Waals surface area (Å²) in [7, 11) is 4.14. The van der Waals surface area contributed by atoms with Crippen LogP contribution >= 0.6 is 0 Å². The predicted octanol–water partition coefficient (Wildman–Crippen LogP) is -0.630. The Balaban J connectivity index is 2.08. The molecule has 1 aromatic rings. The minimum atomic E-state index is -0.386. The molecule has 0 bridgehead atoms. The SMILES string of the molecule is CN1CCN(C)C(c2noc(C(N)CCO)n2)C1. The molecule has 1 saturated heterocycles. The average Bonchev–Trinajstić information content (AvgIpc) is 2.82. The maximum atomic E-state index is 8.85. The van der Waals surface area contributed by atoms with Gasteiger partial charge in [-0.3, -0.25) is 4.90 Å². The fraction of sp³-hybridized carbons (Fsp3) is 0.818. The summed E-state index contributed by atoms with van der Waals surface area (Å²) >= 11 is 0. The smallest absolute Gasteiger partial charge is 0.243 e.